The molecular weight excluding hydrogens is 192 g/mol. The number of rotatable bonds is 2. The Hall–Kier alpha value is -0.440. The highest BCUT2D eigenvalue weighted by Gasteiger charge is 2.17. The first kappa shape index (κ1) is 7.66. The first-order valence-corrected chi connectivity index (χ1v) is 4.08. The van der Waals surface area contributed by atoms with Crippen LogP contribution in [0, 0.1) is 0 Å². The third-order valence-corrected chi connectivity index (χ3v) is 2.61. The summed E-state index contributed by atoms with van der Waals surface area (Å²) in [6, 6.07) is 0. The van der Waals surface area contributed by atoms with Crippen molar-refractivity contribution < 1.29 is 0 Å². The molecule has 0 saturated heterocycles. The van der Waals surface area contributed by atoms with Crippen LogP contribution < -0.4 is 0 Å². The lowest BCUT2D eigenvalue weighted by molar-refractivity contribution is 0.289. The van der Waals surface area contributed by atoms with Crippen molar-refractivity contribution in [3.05, 3.63) is 25.1 Å². The zero-order chi connectivity index (χ0) is 7.56. The van der Waals surface area contributed by atoms with Gasteiger partial charge in [-0.25, -0.2) is 0 Å². The lowest BCUT2D eigenvalue weighted by Gasteiger charge is -2.23. The zero-order valence-electron chi connectivity index (χ0n) is 6.00. The van der Waals surface area contributed by atoms with Gasteiger partial charge < -0.3 is 9.80 Å². The van der Waals surface area contributed by atoms with Gasteiger partial charge in [0, 0.05) is 26.0 Å². The van der Waals surface area contributed by atoms with E-state index in [0.29, 0.717) is 5.08 Å². The fourth-order valence-electron chi connectivity index (χ4n) is 0.864. The lowest BCUT2D eigenvalue weighted by atomic mass is 10.6. The highest BCUT2D eigenvalue weighted by atomic mass is 79.9. The molecular formula is C7H11BrN2. The van der Waals surface area contributed by atoms with Gasteiger partial charge in [-0.2, -0.15) is 0 Å². The number of alkyl halides is 1. The molecule has 1 heterocycles. The van der Waals surface area contributed by atoms with Crippen LogP contribution in [0.5, 0.6) is 0 Å². The maximum atomic E-state index is 3.67. The Kier molecular flexibility index (Phi) is 2.38. The molecule has 0 aromatic heterocycles. The van der Waals surface area contributed by atoms with E-state index < -0.39 is 0 Å². The van der Waals surface area contributed by atoms with E-state index >= 15 is 0 Å². The minimum atomic E-state index is 0.297. The first-order chi connectivity index (χ1) is 4.75. The van der Waals surface area contributed by atoms with E-state index in [-0.39, 0.29) is 0 Å². The molecule has 1 unspecified atom stereocenters. The molecule has 2 nitrogen and oxygen atoms in total. The van der Waals surface area contributed by atoms with Gasteiger partial charge in [0.2, 0.25) is 0 Å². The summed E-state index contributed by atoms with van der Waals surface area (Å²) in [7, 11) is 2.03. The monoisotopic (exact) mass is 202 g/mol. The Morgan fingerprint density at radius 3 is 2.80 bits per heavy atom. The molecule has 0 fully saturated rings. The van der Waals surface area contributed by atoms with E-state index in [1.807, 2.05) is 25.5 Å². The van der Waals surface area contributed by atoms with E-state index in [1.54, 1.807) is 0 Å². The van der Waals surface area contributed by atoms with Crippen molar-refractivity contribution in [2.24, 2.45) is 0 Å². The van der Waals surface area contributed by atoms with E-state index in [1.165, 1.54) is 0 Å². The van der Waals surface area contributed by atoms with Gasteiger partial charge in [-0.3, -0.25) is 0 Å². The normalized spacial score (nSPS) is 24.0. The molecule has 3 heteroatoms. The molecule has 0 radical (unpaired) electrons. The molecule has 1 atom stereocenters. The van der Waals surface area contributed by atoms with Crippen LogP contribution in [-0.4, -0.2) is 28.5 Å². The average Bonchev–Trinajstić information content (AvgIpc) is 2.20. The summed E-state index contributed by atoms with van der Waals surface area (Å²) in [5.41, 5.74) is 0. The molecule has 1 rings (SSSR count). The minimum absolute atomic E-state index is 0.297. The lowest BCUT2D eigenvalue weighted by Crippen LogP contribution is -2.30. The Balaban J connectivity index is 2.49. The number of hydrogen-bond acceptors (Lipinski definition) is 2. The van der Waals surface area contributed by atoms with Crippen molar-refractivity contribution in [3.8, 4) is 0 Å². The number of halogens is 1. The zero-order valence-corrected chi connectivity index (χ0v) is 7.58. The summed E-state index contributed by atoms with van der Waals surface area (Å²) in [5.74, 6) is 0. The third-order valence-electron chi connectivity index (χ3n) is 1.44. The third kappa shape index (κ3) is 1.34. The second-order valence-corrected chi connectivity index (χ2v) is 3.08. The van der Waals surface area contributed by atoms with Gasteiger partial charge >= 0.3 is 0 Å². The quantitative estimate of drug-likeness (QED) is 0.382. The second-order valence-electron chi connectivity index (χ2n) is 2.26. The molecule has 0 aliphatic carbocycles. The molecule has 1 aliphatic rings. The summed E-state index contributed by atoms with van der Waals surface area (Å²) in [6.07, 6.45) is 5.96. The van der Waals surface area contributed by atoms with Crippen LogP contribution in [0.15, 0.2) is 25.1 Å². The van der Waals surface area contributed by atoms with Gasteiger partial charge in [0.1, 0.15) is 0 Å². The van der Waals surface area contributed by atoms with Gasteiger partial charge in [0.25, 0.3) is 0 Å². The van der Waals surface area contributed by atoms with Crippen molar-refractivity contribution >= 4 is 15.9 Å². The SMILES string of the molecule is C=CCN1C=CN(C)C1Br. The molecule has 56 valence electrons. The molecule has 0 N–H and O–H groups in total. The van der Waals surface area contributed by atoms with Crippen LogP contribution in [0.25, 0.3) is 0 Å². The first-order valence-electron chi connectivity index (χ1n) is 3.16. The maximum absolute atomic E-state index is 3.67. The Morgan fingerprint density at radius 2 is 2.40 bits per heavy atom. The molecule has 10 heavy (non-hydrogen) atoms. The standard InChI is InChI=1S/C7H11BrN2/c1-3-4-10-6-5-9(2)7(10)8/h3,5-7H,1,4H2,2H3. The topological polar surface area (TPSA) is 6.48 Å². The van der Waals surface area contributed by atoms with E-state index in [0.717, 1.165) is 6.54 Å². The van der Waals surface area contributed by atoms with Crippen LogP contribution in [0.1, 0.15) is 0 Å². The van der Waals surface area contributed by atoms with Gasteiger partial charge in [0.15, 0.2) is 5.08 Å². The Bertz CT molecular complexity index is 156. The van der Waals surface area contributed by atoms with Crippen molar-refractivity contribution in [2.45, 2.75) is 5.08 Å². The van der Waals surface area contributed by atoms with E-state index in [4.69, 9.17) is 0 Å². The van der Waals surface area contributed by atoms with Crippen molar-refractivity contribution in [1.29, 1.82) is 0 Å². The highest BCUT2D eigenvalue weighted by Crippen LogP contribution is 2.18. The summed E-state index contributed by atoms with van der Waals surface area (Å²) in [5, 5.41) is 0.297. The number of nitrogens with zero attached hydrogens (tertiary/aromatic N) is 2. The fourth-order valence-corrected chi connectivity index (χ4v) is 1.30. The van der Waals surface area contributed by atoms with Gasteiger partial charge in [-0.05, 0) is 15.9 Å². The van der Waals surface area contributed by atoms with Crippen molar-refractivity contribution in [3.63, 3.8) is 0 Å². The van der Waals surface area contributed by atoms with E-state index in [2.05, 4.69) is 32.3 Å². The van der Waals surface area contributed by atoms with Crippen molar-refractivity contribution in [1.82, 2.24) is 9.80 Å². The summed E-state index contributed by atoms with van der Waals surface area (Å²) < 4.78 is 0. The predicted molar refractivity (Wildman–Crippen MR) is 46.5 cm³/mol. The van der Waals surface area contributed by atoms with E-state index in [9.17, 15) is 0 Å². The fraction of sp³-hybridized carbons (Fsp3) is 0.429. The largest absolute Gasteiger partial charge is 0.350 e. The minimum Gasteiger partial charge on any atom is -0.350 e. The smallest absolute Gasteiger partial charge is 0.158 e. The van der Waals surface area contributed by atoms with Crippen molar-refractivity contribution in [2.75, 3.05) is 13.6 Å². The van der Waals surface area contributed by atoms with Crippen LogP contribution in [0.3, 0.4) is 0 Å². The van der Waals surface area contributed by atoms with Crippen LogP contribution in [-0.2, 0) is 0 Å². The summed E-state index contributed by atoms with van der Waals surface area (Å²) in [6.45, 7) is 4.55. The van der Waals surface area contributed by atoms with Crippen LogP contribution in [0.4, 0.5) is 0 Å². The molecule has 0 bridgehead atoms. The van der Waals surface area contributed by atoms with Crippen LogP contribution >= 0.6 is 15.9 Å². The molecule has 0 saturated carbocycles. The summed E-state index contributed by atoms with van der Waals surface area (Å²) in [4.78, 5) is 4.23. The average molecular weight is 203 g/mol. The molecule has 0 amide bonds. The second kappa shape index (κ2) is 3.10. The maximum Gasteiger partial charge on any atom is 0.158 e. The Labute approximate surface area is 69.9 Å². The Morgan fingerprint density at radius 1 is 1.70 bits per heavy atom. The molecule has 0 aromatic carbocycles. The molecule has 1 aliphatic heterocycles. The van der Waals surface area contributed by atoms with Crippen LogP contribution in [0.2, 0.25) is 0 Å². The highest BCUT2D eigenvalue weighted by molar-refractivity contribution is 9.09. The van der Waals surface area contributed by atoms with Gasteiger partial charge in [0.05, 0.1) is 0 Å². The summed E-state index contributed by atoms with van der Waals surface area (Å²) >= 11 is 3.51. The molecule has 0 aromatic rings. The molecule has 0 spiro atoms. The van der Waals surface area contributed by atoms with Gasteiger partial charge in [-0.1, -0.05) is 6.08 Å². The predicted octanol–water partition coefficient (Wildman–Crippen LogP) is 1.57. The van der Waals surface area contributed by atoms with Gasteiger partial charge in [-0.15, -0.1) is 6.58 Å². The number of hydrogen-bond donors (Lipinski definition) is 0.